The number of hydrogen-bond donors (Lipinski definition) is 2. The molecule has 1 rings (SSSR count). The van der Waals surface area contributed by atoms with Crippen LogP contribution in [0.1, 0.15) is 19.8 Å². The second-order valence-electron chi connectivity index (χ2n) is 4.45. The van der Waals surface area contributed by atoms with Gasteiger partial charge in [0.15, 0.2) is 0 Å². The molecule has 0 amide bonds. The zero-order chi connectivity index (χ0) is 11.1. The van der Waals surface area contributed by atoms with Crippen molar-refractivity contribution < 1.29 is 9.84 Å². The predicted octanol–water partition coefficient (Wildman–Crippen LogP) is 0.0561. The van der Waals surface area contributed by atoms with Crippen LogP contribution in [0.15, 0.2) is 0 Å². The average Bonchev–Trinajstić information content (AvgIpc) is 2.30. The minimum Gasteiger partial charge on any atom is -0.395 e. The van der Waals surface area contributed by atoms with Gasteiger partial charge in [-0.3, -0.25) is 0 Å². The molecule has 3 N–H and O–H groups in total. The van der Waals surface area contributed by atoms with Crippen molar-refractivity contribution in [1.82, 2.24) is 4.90 Å². The van der Waals surface area contributed by atoms with Crippen molar-refractivity contribution in [1.29, 1.82) is 0 Å². The molecule has 1 atom stereocenters. The summed E-state index contributed by atoms with van der Waals surface area (Å²) in [5.74, 6) is 0. The van der Waals surface area contributed by atoms with E-state index in [-0.39, 0.29) is 12.0 Å². The normalized spacial score (nSPS) is 27.2. The third kappa shape index (κ3) is 3.72. The molecule has 0 bridgehead atoms. The van der Waals surface area contributed by atoms with Crippen molar-refractivity contribution in [2.75, 3.05) is 46.0 Å². The molecule has 15 heavy (non-hydrogen) atoms. The Kier molecular flexibility index (Phi) is 5.53. The van der Waals surface area contributed by atoms with E-state index in [1.54, 1.807) is 0 Å². The van der Waals surface area contributed by atoms with Crippen LogP contribution < -0.4 is 5.73 Å². The molecule has 1 aliphatic heterocycles. The highest BCUT2D eigenvalue weighted by Crippen LogP contribution is 2.28. The van der Waals surface area contributed by atoms with Gasteiger partial charge in [-0.1, -0.05) is 6.92 Å². The number of aliphatic hydroxyl groups is 1. The fourth-order valence-corrected chi connectivity index (χ4v) is 2.23. The van der Waals surface area contributed by atoms with Gasteiger partial charge in [-0.2, -0.15) is 0 Å². The molecule has 0 spiro atoms. The average molecular weight is 216 g/mol. The molecular formula is C11H24N2O2. The van der Waals surface area contributed by atoms with E-state index in [0.717, 1.165) is 45.7 Å². The van der Waals surface area contributed by atoms with E-state index in [2.05, 4.69) is 11.8 Å². The molecule has 0 aromatic rings. The van der Waals surface area contributed by atoms with Gasteiger partial charge in [0, 0.05) is 31.7 Å². The molecule has 1 saturated heterocycles. The zero-order valence-corrected chi connectivity index (χ0v) is 9.74. The predicted molar refractivity (Wildman–Crippen MR) is 60.7 cm³/mol. The van der Waals surface area contributed by atoms with Gasteiger partial charge in [0.1, 0.15) is 0 Å². The fraction of sp³-hybridized carbons (Fsp3) is 1.00. The van der Waals surface area contributed by atoms with Gasteiger partial charge < -0.3 is 20.5 Å². The molecule has 1 aliphatic rings. The number of nitrogens with two attached hydrogens (primary N) is 1. The Morgan fingerprint density at radius 3 is 2.80 bits per heavy atom. The minimum absolute atomic E-state index is 0.115. The summed E-state index contributed by atoms with van der Waals surface area (Å²) in [6, 6.07) is 0. The van der Waals surface area contributed by atoms with E-state index >= 15 is 0 Å². The van der Waals surface area contributed by atoms with Crippen LogP contribution in [0.4, 0.5) is 0 Å². The lowest BCUT2D eigenvalue weighted by Crippen LogP contribution is -2.48. The lowest BCUT2D eigenvalue weighted by atomic mass is 9.82. The second-order valence-corrected chi connectivity index (χ2v) is 4.45. The Balaban J connectivity index is 2.49. The van der Waals surface area contributed by atoms with Crippen molar-refractivity contribution in [3.05, 3.63) is 0 Å². The van der Waals surface area contributed by atoms with Crippen molar-refractivity contribution in [2.45, 2.75) is 19.8 Å². The molecule has 1 heterocycles. The summed E-state index contributed by atoms with van der Waals surface area (Å²) in [6.45, 7) is 7.29. The van der Waals surface area contributed by atoms with Crippen molar-refractivity contribution >= 4 is 0 Å². The summed E-state index contributed by atoms with van der Waals surface area (Å²) >= 11 is 0. The van der Waals surface area contributed by atoms with E-state index in [9.17, 15) is 0 Å². The number of likely N-dealkylation sites (N-methyl/N-ethyl adjacent to an activating group) is 1. The maximum Gasteiger partial charge on any atom is 0.0558 e. The quantitative estimate of drug-likeness (QED) is 0.659. The molecule has 0 aromatic heterocycles. The van der Waals surface area contributed by atoms with Crippen LogP contribution in [-0.4, -0.2) is 56.0 Å². The largest absolute Gasteiger partial charge is 0.395 e. The maximum absolute atomic E-state index is 8.95. The summed E-state index contributed by atoms with van der Waals surface area (Å²) in [7, 11) is 0. The third-order valence-corrected chi connectivity index (χ3v) is 3.26. The van der Waals surface area contributed by atoms with Crippen LogP contribution in [0, 0.1) is 5.41 Å². The van der Waals surface area contributed by atoms with E-state index in [0.29, 0.717) is 6.54 Å². The van der Waals surface area contributed by atoms with Gasteiger partial charge in [-0.25, -0.2) is 0 Å². The smallest absolute Gasteiger partial charge is 0.0558 e. The molecule has 0 aliphatic carbocycles. The Bertz CT molecular complexity index is 170. The van der Waals surface area contributed by atoms with Crippen LogP contribution in [-0.2, 0) is 4.74 Å². The first-order chi connectivity index (χ1) is 7.26. The van der Waals surface area contributed by atoms with Crippen LogP contribution in [0.3, 0.4) is 0 Å². The molecule has 1 unspecified atom stereocenters. The first kappa shape index (κ1) is 12.9. The highest BCUT2D eigenvalue weighted by atomic mass is 16.5. The van der Waals surface area contributed by atoms with Crippen molar-refractivity contribution in [3.63, 3.8) is 0 Å². The Morgan fingerprint density at radius 1 is 1.53 bits per heavy atom. The third-order valence-electron chi connectivity index (χ3n) is 3.26. The molecule has 1 fully saturated rings. The van der Waals surface area contributed by atoms with Gasteiger partial charge >= 0.3 is 0 Å². The number of rotatable bonds is 6. The molecule has 0 radical (unpaired) electrons. The molecule has 4 heteroatoms. The number of nitrogens with zero attached hydrogens (tertiary/aromatic N) is 1. The van der Waals surface area contributed by atoms with Gasteiger partial charge in [-0.05, 0) is 19.4 Å². The lowest BCUT2D eigenvalue weighted by Gasteiger charge is -2.39. The first-order valence-electron chi connectivity index (χ1n) is 5.87. The summed E-state index contributed by atoms with van der Waals surface area (Å²) in [5.41, 5.74) is 5.98. The number of hydrogen-bond acceptors (Lipinski definition) is 4. The van der Waals surface area contributed by atoms with E-state index in [1.165, 1.54) is 0 Å². The van der Waals surface area contributed by atoms with Crippen LogP contribution in [0.5, 0.6) is 0 Å². The summed E-state index contributed by atoms with van der Waals surface area (Å²) in [5, 5.41) is 8.95. The van der Waals surface area contributed by atoms with Crippen LogP contribution >= 0.6 is 0 Å². The minimum atomic E-state index is 0.115. The fourth-order valence-electron chi connectivity index (χ4n) is 2.23. The molecular weight excluding hydrogens is 192 g/mol. The van der Waals surface area contributed by atoms with Gasteiger partial charge in [0.25, 0.3) is 0 Å². The second kappa shape index (κ2) is 6.43. The Morgan fingerprint density at radius 2 is 2.33 bits per heavy atom. The molecule has 0 aromatic carbocycles. The topological polar surface area (TPSA) is 58.7 Å². The van der Waals surface area contributed by atoms with Gasteiger partial charge in [0.05, 0.1) is 13.2 Å². The van der Waals surface area contributed by atoms with Crippen LogP contribution in [0.25, 0.3) is 0 Å². The number of aliphatic hydroxyl groups excluding tert-OH is 1. The Labute approximate surface area is 92.4 Å². The maximum atomic E-state index is 8.95. The van der Waals surface area contributed by atoms with E-state index in [4.69, 9.17) is 15.6 Å². The summed E-state index contributed by atoms with van der Waals surface area (Å²) < 4.78 is 5.53. The summed E-state index contributed by atoms with van der Waals surface area (Å²) in [6.07, 6.45) is 2.25. The molecule has 90 valence electrons. The first-order valence-corrected chi connectivity index (χ1v) is 5.87. The van der Waals surface area contributed by atoms with Gasteiger partial charge in [-0.15, -0.1) is 0 Å². The van der Waals surface area contributed by atoms with Gasteiger partial charge in [0.2, 0.25) is 0 Å². The van der Waals surface area contributed by atoms with Crippen molar-refractivity contribution in [2.24, 2.45) is 11.1 Å². The molecule has 0 saturated carbocycles. The van der Waals surface area contributed by atoms with E-state index < -0.39 is 0 Å². The summed E-state index contributed by atoms with van der Waals surface area (Å²) in [4.78, 5) is 2.25. The Hall–Kier alpha value is -0.160. The van der Waals surface area contributed by atoms with E-state index in [1.807, 2.05) is 0 Å². The monoisotopic (exact) mass is 216 g/mol. The zero-order valence-electron chi connectivity index (χ0n) is 9.74. The van der Waals surface area contributed by atoms with Crippen LogP contribution in [0.2, 0.25) is 0 Å². The SMILES string of the molecule is CCN(CCO)CC1(CN)CCCOC1. The number of ether oxygens (including phenoxy) is 1. The highest BCUT2D eigenvalue weighted by Gasteiger charge is 2.32. The standard InChI is InChI=1S/C11H24N2O2/c1-2-13(5-6-14)9-11(8-12)4-3-7-15-10-11/h14H,2-10,12H2,1H3. The highest BCUT2D eigenvalue weighted by molar-refractivity contribution is 4.85. The van der Waals surface area contributed by atoms with Crippen molar-refractivity contribution in [3.8, 4) is 0 Å². The molecule has 4 nitrogen and oxygen atoms in total. The lowest BCUT2D eigenvalue weighted by molar-refractivity contribution is -0.0229.